The minimum atomic E-state index is -0.461. The third-order valence-electron chi connectivity index (χ3n) is 3.90. The van der Waals surface area contributed by atoms with Crippen LogP contribution in [0, 0.1) is 23.0 Å². The van der Waals surface area contributed by atoms with Gasteiger partial charge in [0.2, 0.25) is 0 Å². The van der Waals surface area contributed by atoms with Gasteiger partial charge in [-0.2, -0.15) is 0 Å². The van der Waals surface area contributed by atoms with Crippen LogP contribution in [0.5, 0.6) is 0 Å². The van der Waals surface area contributed by atoms with Gasteiger partial charge in [-0.3, -0.25) is 14.9 Å². The molecule has 6 nitrogen and oxygen atoms in total. The van der Waals surface area contributed by atoms with E-state index in [2.05, 4.69) is 0 Å². The first kappa shape index (κ1) is 15.4. The van der Waals surface area contributed by atoms with E-state index in [1.807, 2.05) is 0 Å². The molecule has 1 atom stereocenters. The molecule has 1 aromatic carbocycles. The molecule has 1 fully saturated rings. The van der Waals surface area contributed by atoms with Crippen molar-refractivity contribution in [2.75, 3.05) is 19.6 Å². The van der Waals surface area contributed by atoms with Gasteiger partial charge in [-0.1, -0.05) is 0 Å². The van der Waals surface area contributed by atoms with E-state index in [0.717, 1.165) is 24.8 Å². The van der Waals surface area contributed by atoms with E-state index >= 15 is 0 Å². The zero-order valence-corrected chi connectivity index (χ0v) is 12.2. The second-order valence-electron chi connectivity index (χ2n) is 5.65. The van der Waals surface area contributed by atoms with Crippen LogP contribution in [-0.2, 0) is 0 Å². The number of hydrogen-bond donors (Lipinski definition) is 1. The van der Waals surface area contributed by atoms with E-state index in [9.17, 15) is 14.9 Å². The summed E-state index contributed by atoms with van der Waals surface area (Å²) in [5, 5.41) is 10.9. The van der Waals surface area contributed by atoms with E-state index in [1.165, 1.54) is 12.1 Å². The lowest BCUT2D eigenvalue weighted by atomic mass is 9.94. The maximum atomic E-state index is 12.5. The van der Waals surface area contributed by atoms with Crippen LogP contribution in [-0.4, -0.2) is 35.4 Å². The number of aryl methyl sites for hydroxylation is 1. The summed E-state index contributed by atoms with van der Waals surface area (Å²) in [5.41, 5.74) is 6.68. The molecule has 1 aliphatic heterocycles. The topological polar surface area (TPSA) is 89.5 Å². The molecule has 2 rings (SSSR count). The Hall–Kier alpha value is -1.95. The van der Waals surface area contributed by atoms with Crippen LogP contribution in [0.15, 0.2) is 18.2 Å². The van der Waals surface area contributed by atoms with Crippen molar-refractivity contribution in [3.8, 4) is 0 Å². The fourth-order valence-corrected chi connectivity index (χ4v) is 2.90. The first-order chi connectivity index (χ1) is 10.0. The Morgan fingerprint density at radius 1 is 1.48 bits per heavy atom. The van der Waals surface area contributed by atoms with Crippen molar-refractivity contribution in [3.05, 3.63) is 39.4 Å². The van der Waals surface area contributed by atoms with E-state index in [4.69, 9.17) is 5.73 Å². The molecule has 2 N–H and O–H groups in total. The molecule has 1 heterocycles. The normalized spacial score (nSPS) is 18.6. The van der Waals surface area contributed by atoms with E-state index in [1.54, 1.807) is 17.9 Å². The highest BCUT2D eigenvalue weighted by Gasteiger charge is 2.25. The molecule has 1 aliphatic rings. The lowest BCUT2D eigenvalue weighted by molar-refractivity contribution is -0.384. The molecule has 114 valence electrons. The molecular formula is C15H21N3O3. The number of nitro benzene ring substituents is 1. The highest BCUT2D eigenvalue weighted by molar-refractivity contribution is 5.95. The summed E-state index contributed by atoms with van der Waals surface area (Å²) in [6, 6.07) is 4.55. The van der Waals surface area contributed by atoms with Gasteiger partial charge in [0, 0.05) is 30.8 Å². The number of piperidine rings is 1. The van der Waals surface area contributed by atoms with E-state index in [-0.39, 0.29) is 11.6 Å². The quantitative estimate of drug-likeness (QED) is 0.679. The van der Waals surface area contributed by atoms with E-state index < -0.39 is 4.92 Å². The molecular weight excluding hydrogens is 270 g/mol. The number of carbonyl (C=O) groups is 1. The van der Waals surface area contributed by atoms with Gasteiger partial charge >= 0.3 is 0 Å². The van der Waals surface area contributed by atoms with Gasteiger partial charge < -0.3 is 10.6 Å². The third-order valence-corrected chi connectivity index (χ3v) is 3.90. The average molecular weight is 291 g/mol. The Balaban J connectivity index is 2.17. The fraction of sp³-hybridized carbons (Fsp3) is 0.533. The van der Waals surface area contributed by atoms with E-state index in [0.29, 0.717) is 31.1 Å². The van der Waals surface area contributed by atoms with Crippen molar-refractivity contribution >= 4 is 11.6 Å². The smallest absolute Gasteiger partial charge is 0.270 e. The number of nitrogens with two attached hydrogens (primary N) is 1. The predicted molar refractivity (Wildman–Crippen MR) is 80.1 cm³/mol. The Bertz CT molecular complexity index is 543. The van der Waals surface area contributed by atoms with Gasteiger partial charge in [-0.25, -0.2) is 0 Å². The first-order valence-electron chi connectivity index (χ1n) is 7.26. The number of amides is 1. The summed E-state index contributed by atoms with van der Waals surface area (Å²) in [4.78, 5) is 24.8. The summed E-state index contributed by atoms with van der Waals surface area (Å²) in [7, 11) is 0. The number of rotatable bonds is 4. The van der Waals surface area contributed by atoms with Gasteiger partial charge in [0.05, 0.1) is 4.92 Å². The van der Waals surface area contributed by atoms with Gasteiger partial charge in [0.15, 0.2) is 0 Å². The van der Waals surface area contributed by atoms with Crippen LogP contribution in [0.4, 0.5) is 5.69 Å². The maximum Gasteiger partial charge on any atom is 0.270 e. The van der Waals surface area contributed by atoms with Crippen LogP contribution < -0.4 is 5.73 Å². The molecule has 0 radical (unpaired) electrons. The number of nitro groups is 1. The molecule has 0 spiro atoms. The van der Waals surface area contributed by atoms with Crippen LogP contribution >= 0.6 is 0 Å². The second kappa shape index (κ2) is 6.67. The number of hydrogen-bond acceptors (Lipinski definition) is 4. The Labute approximate surface area is 124 Å². The number of benzene rings is 1. The lowest BCUT2D eigenvalue weighted by Gasteiger charge is -2.32. The molecule has 1 aromatic rings. The molecule has 0 bridgehead atoms. The zero-order chi connectivity index (χ0) is 15.4. The molecule has 0 aromatic heterocycles. The van der Waals surface area contributed by atoms with Crippen molar-refractivity contribution in [1.29, 1.82) is 0 Å². The monoisotopic (exact) mass is 291 g/mol. The van der Waals surface area contributed by atoms with Crippen molar-refractivity contribution in [2.24, 2.45) is 11.7 Å². The van der Waals surface area contributed by atoms with Gasteiger partial charge in [-0.05, 0) is 50.3 Å². The van der Waals surface area contributed by atoms with Crippen molar-refractivity contribution < 1.29 is 9.72 Å². The second-order valence-corrected chi connectivity index (χ2v) is 5.65. The van der Waals surface area contributed by atoms with Crippen molar-refractivity contribution in [2.45, 2.75) is 26.2 Å². The molecule has 1 unspecified atom stereocenters. The standard InChI is InChI=1S/C15H21N3O3/c1-11-7-13(9-14(8-11)18(20)21)15(19)17-6-2-3-12(10-17)4-5-16/h7-9,12H,2-6,10,16H2,1H3. The lowest BCUT2D eigenvalue weighted by Crippen LogP contribution is -2.40. The molecule has 21 heavy (non-hydrogen) atoms. The number of non-ortho nitro benzene ring substituents is 1. The van der Waals surface area contributed by atoms with Gasteiger partial charge in [0.25, 0.3) is 11.6 Å². The molecule has 0 aliphatic carbocycles. The van der Waals surface area contributed by atoms with Gasteiger partial charge in [-0.15, -0.1) is 0 Å². The number of likely N-dealkylation sites (tertiary alicyclic amines) is 1. The minimum absolute atomic E-state index is 0.0335. The Morgan fingerprint density at radius 2 is 2.24 bits per heavy atom. The van der Waals surface area contributed by atoms with Crippen LogP contribution in [0.3, 0.4) is 0 Å². The number of nitrogens with zero attached hydrogens (tertiary/aromatic N) is 2. The molecule has 1 saturated heterocycles. The summed E-state index contributed by atoms with van der Waals surface area (Å²) in [6.07, 6.45) is 2.97. The predicted octanol–water partition coefficient (Wildman–Crippen LogP) is 2.10. The van der Waals surface area contributed by atoms with Crippen molar-refractivity contribution in [3.63, 3.8) is 0 Å². The highest BCUT2D eigenvalue weighted by atomic mass is 16.6. The largest absolute Gasteiger partial charge is 0.338 e. The third kappa shape index (κ3) is 3.78. The SMILES string of the molecule is Cc1cc(C(=O)N2CCCC(CCN)C2)cc([N+](=O)[O-])c1. The van der Waals surface area contributed by atoms with Crippen LogP contribution in [0.25, 0.3) is 0 Å². The summed E-state index contributed by atoms with van der Waals surface area (Å²) in [6.45, 7) is 3.79. The maximum absolute atomic E-state index is 12.5. The Morgan fingerprint density at radius 3 is 2.90 bits per heavy atom. The molecule has 1 amide bonds. The summed E-state index contributed by atoms with van der Waals surface area (Å²) in [5.74, 6) is 0.316. The molecule has 6 heteroatoms. The number of carbonyl (C=O) groups excluding carboxylic acids is 1. The van der Waals surface area contributed by atoms with Crippen LogP contribution in [0.2, 0.25) is 0 Å². The average Bonchev–Trinajstić information content (AvgIpc) is 2.46. The summed E-state index contributed by atoms with van der Waals surface area (Å²) >= 11 is 0. The first-order valence-corrected chi connectivity index (χ1v) is 7.26. The van der Waals surface area contributed by atoms with Crippen LogP contribution in [0.1, 0.15) is 35.2 Å². The minimum Gasteiger partial charge on any atom is -0.338 e. The fourth-order valence-electron chi connectivity index (χ4n) is 2.90. The Kier molecular flexibility index (Phi) is 4.90. The zero-order valence-electron chi connectivity index (χ0n) is 12.2. The highest BCUT2D eigenvalue weighted by Crippen LogP contribution is 2.23. The van der Waals surface area contributed by atoms with Crippen molar-refractivity contribution in [1.82, 2.24) is 4.90 Å². The summed E-state index contributed by atoms with van der Waals surface area (Å²) < 4.78 is 0. The molecule has 0 saturated carbocycles. The van der Waals surface area contributed by atoms with Gasteiger partial charge in [0.1, 0.15) is 0 Å².